The predicted octanol–water partition coefficient (Wildman–Crippen LogP) is 6.34. The van der Waals surface area contributed by atoms with Gasteiger partial charge in [-0.15, -0.1) is 0 Å². The zero-order valence-corrected chi connectivity index (χ0v) is 22.3. The average Bonchev–Trinajstić information content (AvgIpc) is 3.35. The van der Waals surface area contributed by atoms with Crippen LogP contribution in [0.5, 0.6) is 0 Å². The number of para-hydroxylation sites is 1. The normalized spacial score (nSPS) is 17.5. The van der Waals surface area contributed by atoms with Gasteiger partial charge in [0.05, 0.1) is 5.52 Å². The largest absolute Gasteiger partial charge is 0.461 e. The molecule has 1 saturated carbocycles. The van der Waals surface area contributed by atoms with E-state index in [1.165, 1.54) is 0 Å². The first-order valence-corrected chi connectivity index (χ1v) is 13.8. The highest BCUT2D eigenvalue weighted by Crippen LogP contribution is 2.39. The lowest BCUT2D eigenvalue weighted by Crippen LogP contribution is -2.23. The molecule has 0 radical (unpaired) electrons. The van der Waals surface area contributed by atoms with Gasteiger partial charge in [-0.25, -0.2) is 4.98 Å². The van der Waals surface area contributed by atoms with Gasteiger partial charge in [-0.2, -0.15) is 0 Å². The number of hydrogen-bond acceptors (Lipinski definition) is 4. The van der Waals surface area contributed by atoms with Crippen LogP contribution in [0.2, 0.25) is 0 Å². The highest BCUT2D eigenvalue weighted by Gasteiger charge is 2.30. The lowest BCUT2D eigenvalue weighted by molar-refractivity contribution is -0.146. The van der Waals surface area contributed by atoms with Crippen LogP contribution >= 0.6 is 0 Å². The summed E-state index contributed by atoms with van der Waals surface area (Å²) in [5.41, 5.74) is 4.40. The van der Waals surface area contributed by atoms with Crippen molar-refractivity contribution in [2.24, 2.45) is 13.0 Å². The third kappa shape index (κ3) is 5.11. The van der Waals surface area contributed by atoms with Gasteiger partial charge in [-0.3, -0.25) is 9.59 Å². The molecule has 0 saturated heterocycles. The van der Waals surface area contributed by atoms with Gasteiger partial charge in [0.15, 0.2) is 0 Å². The van der Waals surface area contributed by atoms with Crippen molar-refractivity contribution in [1.82, 2.24) is 14.1 Å². The Bertz CT molecular complexity index is 1670. The van der Waals surface area contributed by atoms with Gasteiger partial charge in [0.2, 0.25) is 0 Å². The lowest BCUT2D eigenvalue weighted by atomic mass is 9.79. The van der Waals surface area contributed by atoms with Crippen molar-refractivity contribution in [2.75, 3.05) is 0 Å². The summed E-state index contributed by atoms with van der Waals surface area (Å²) >= 11 is 0. The van der Waals surface area contributed by atoms with Crippen LogP contribution in [-0.4, -0.2) is 20.1 Å². The number of nitrogens with zero attached hydrogens (tertiary/aromatic N) is 3. The molecule has 5 aromatic rings. The number of aryl methyl sites for hydroxylation is 1. The van der Waals surface area contributed by atoms with Crippen molar-refractivity contribution < 1.29 is 9.53 Å². The van der Waals surface area contributed by atoms with E-state index in [9.17, 15) is 9.59 Å². The molecule has 2 atom stereocenters. The number of carbonyl (C=O) groups excluding carboxylic acids is 1. The maximum Gasteiger partial charge on any atom is 0.306 e. The summed E-state index contributed by atoms with van der Waals surface area (Å²) in [5, 5.41) is 0.986. The Labute approximate surface area is 227 Å². The highest BCUT2D eigenvalue weighted by molar-refractivity contribution is 6.02. The zero-order valence-electron chi connectivity index (χ0n) is 22.3. The second-order valence-corrected chi connectivity index (χ2v) is 10.7. The molecule has 0 spiro atoms. The number of ether oxygens (including phenoxy) is 1. The van der Waals surface area contributed by atoms with Gasteiger partial charge in [0.25, 0.3) is 5.56 Å². The third-order valence-corrected chi connectivity index (χ3v) is 8.05. The first-order chi connectivity index (χ1) is 19.1. The van der Waals surface area contributed by atoms with Crippen molar-refractivity contribution in [3.8, 4) is 0 Å². The fourth-order valence-electron chi connectivity index (χ4n) is 6.09. The van der Waals surface area contributed by atoms with E-state index in [2.05, 4.69) is 16.7 Å². The van der Waals surface area contributed by atoms with E-state index in [4.69, 9.17) is 9.72 Å². The molecule has 1 aliphatic rings. The fraction of sp³-hybridized carbons (Fsp3) is 0.303. The maximum absolute atomic E-state index is 13.7. The maximum atomic E-state index is 13.7. The molecule has 3 aromatic carbocycles. The van der Waals surface area contributed by atoms with Crippen LogP contribution in [0.1, 0.15) is 55.0 Å². The first kappa shape index (κ1) is 25.1. The summed E-state index contributed by atoms with van der Waals surface area (Å²) in [6.07, 6.45) is 4.28. The standard InChI is InChI=1S/C33H33N3O3/c1-35-28-18-9-8-17-27(28)30-31(33(35)38)36(21-23-11-4-2-5-12-23)32(34-30)26-16-10-15-25(19-26)20-29(37)39-22-24-13-6-3-7-14-24/h2-9,11-14,17-18,25-26H,10,15-16,19-22H2,1H3. The Morgan fingerprint density at radius 2 is 1.62 bits per heavy atom. The van der Waals surface area contributed by atoms with Crippen LogP contribution in [0.4, 0.5) is 0 Å². The molecule has 39 heavy (non-hydrogen) atoms. The monoisotopic (exact) mass is 519 g/mol. The van der Waals surface area contributed by atoms with Crippen molar-refractivity contribution in [1.29, 1.82) is 0 Å². The van der Waals surface area contributed by atoms with Crippen LogP contribution in [0, 0.1) is 5.92 Å². The van der Waals surface area contributed by atoms with E-state index in [0.29, 0.717) is 25.1 Å². The quantitative estimate of drug-likeness (QED) is 0.235. The molecule has 0 N–H and O–H groups in total. The molecule has 6 nitrogen and oxygen atoms in total. The van der Waals surface area contributed by atoms with Gasteiger partial charge in [-0.05, 0) is 42.4 Å². The van der Waals surface area contributed by atoms with Crippen LogP contribution in [0.25, 0.3) is 21.9 Å². The van der Waals surface area contributed by atoms with Crippen molar-refractivity contribution in [2.45, 2.75) is 51.2 Å². The Hall–Kier alpha value is -4.19. The van der Waals surface area contributed by atoms with E-state index in [-0.39, 0.29) is 23.4 Å². The summed E-state index contributed by atoms with van der Waals surface area (Å²) < 4.78 is 9.47. The second-order valence-electron chi connectivity index (χ2n) is 10.7. The van der Waals surface area contributed by atoms with Crippen molar-refractivity contribution in [3.63, 3.8) is 0 Å². The number of aromatic nitrogens is 3. The summed E-state index contributed by atoms with van der Waals surface area (Å²) in [6, 6.07) is 28.0. The molecule has 0 bridgehead atoms. The fourth-order valence-corrected chi connectivity index (χ4v) is 6.09. The van der Waals surface area contributed by atoms with E-state index in [1.807, 2.05) is 79.8 Å². The molecule has 2 heterocycles. The number of hydrogen-bond donors (Lipinski definition) is 0. The van der Waals surface area contributed by atoms with Gasteiger partial charge in [0, 0.05) is 31.3 Å². The predicted molar refractivity (Wildman–Crippen MR) is 154 cm³/mol. The SMILES string of the molecule is Cn1c(=O)c2c(nc(C3CCCC(CC(=O)OCc4ccccc4)C3)n2Cc2ccccc2)c2ccccc21. The molecule has 0 aliphatic heterocycles. The average molecular weight is 520 g/mol. The Morgan fingerprint density at radius 1 is 0.923 bits per heavy atom. The second kappa shape index (κ2) is 10.9. The highest BCUT2D eigenvalue weighted by atomic mass is 16.5. The number of imidazole rings is 1. The molecule has 6 heteroatoms. The van der Waals surface area contributed by atoms with Gasteiger partial charge in [0.1, 0.15) is 23.5 Å². The van der Waals surface area contributed by atoms with Gasteiger partial charge in [-0.1, -0.05) is 85.3 Å². The van der Waals surface area contributed by atoms with Crippen molar-refractivity contribution >= 4 is 27.9 Å². The number of carbonyl (C=O) groups is 1. The summed E-state index contributed by atoms with van der Waals surface area (Å²) in [5.74, 6) is 1.20. The van der Waals surface area contributed by atoms with Crippen LogP contribution < -0.4 is 5.56 Å². The van der Waals surface area contributed by atoms with E-state index < -0.39 is 0 Å². The van der Waals surface area contributed by atoms with E-state index in [1.54, 1.807) is 4.57 Å². The zero-order chi connectivity index (χ0) is 26.8. The minimum atomic E-state index is -0.151. The Balaban J connectivity index is 1.32. The van der Waals surface area contributed by atoms with E-state index in [0.717, 1.165) is 59.1 Å². The Morgan fingerprint density at radius 3 is 2.38 bits per heavy atom. The topological polar surface area (TPSA) is 66.1 Å². The minimum Gasteiger partial charge on any atom is -0.461 e. The third-order valence-electron chi connectivity index (χ3n) is 8.05. The molecule has 0 amide bonds. The number of benzene rings is 3. The number of esters is 1. The summed E-state index contributed by atoms with van der Waals surface area (Å²) in [7, 11) is 1.83. The molecule has 1 fully saturated rings. The molecular weight excluding hydrogens is 486 g/mol. The lowest BCUT2D eigenvalue weighted by Gasteiger charge is -2.28. The number of fused-ring (bicyclic) bond motifs is 3. The minimum absolute atomic E-state index is 0.0322. The molecule has 6 rings (SSSR count). The molecular formula is C33H33N3O3. The summed E-state index contributed by atoms with van der Waals surface area (Å²) in [6.45, 7) is 0.888. The van der Waals surface area contributed by atoms with Gasteiger partial charge >= 0.3 is 5.97 Å². The van der Waals surface area contributed by atoms with Crippen LogP contribution in [0.3, 0.4) is 0 Å². The molecule has 2 aromatic heterocycles. The molecule has 198 valence electrons. The van der Waals surface area contributed by atoms with Crippen LogP contribution in [0.15, 0.2) is 89.7 Å². The number of rotatable bonds is 7. The van der Waals surface area contributed by atoms with Crippen molar-refractivity contribution in [3.05, 3.63) is 112 Å². The van der Waals surface area contributed by atoms with Crippen LogP contribution in [-0.2, 0) is 29.7 Å². The summed E-state index contributed by atoms with van der Waals surface area (Å²) in [4.78, 5) is 31.6. The smallest absolute Gasteiger partial charge is 0.306 e. The number of pyridine rings is 1. The Kier molecular flexibility index (Phi) is 7.01. The molecule has 2 unspecified atom stereocenters. The van der Waals surface area contributed by atoms with E-state index >= 15 is 0 Å². The van der Waals surface area contributed by atoms with Gasteiger partial charge < -0.3 is 13.9 Å². The molecule has 1 aliphatic carbocycles. The first-order valence-electron chi connectivity index (χ1n) is 13.8.